The Morgan fingerprint density at radius 1 is 0.408 bits per heavy atom. The first-order valence-corrected chi connectivity index (χ1v) is 23.2. The second kappa shape index (κ2) is 25.2. The molecule has 0 aliphatic carbocycles. The van der Waals surface area contributed by atoms with Crippen LogP contribution in [0.2, 0.25) is 0 Å². The second-order valence-electron chi connectivity index (χ2n) is 16.7. The lowest BCUT2D eigenvalue weighted by Gasteiger charge is -2.47. The lowest BCUT2D eigenvalue weighted by molar-refractivity contribution is -0.340. The van der Waals surface area contributed by atoms with Crippen LogP contribution in [0.15, 0.2) is 182 Å². The first kappa shape index (κ1) is 50.3. The van der Waals surface area contributed by atoms with Gasteiger partial charge >= 0.3 is 23.9 Å². The Morgan fingerprint density at radius 2 is 0.775 bits per heavy atom. The van der Waals surface area contributed by atoms with Gasteiger partial charge in [0.25, 0.3) is 0 Å². The van der Waals surface area contributed by atoms with Crippen molar-refractivity contribution in [2.75, 3.05) is 13.2 Å². The van der Waals surface area contributed by atoms with Crippen molar-refractivity contribution in [1.29, 1.82) is 0 Å². The molecule has 1 N–H and O–H groups in total. The van der Waals surface area contributed by atoms with E-state index in [9.17, 15) is 24.3 Å². The molecule has 10 atom stereocenters. The Labute approximate surface area is 411 Å². The van der Waals surface area contributed by atoms with Gasteiger partial charge in [0.1, 0.15) is 37.1 Å². The van der Waals surface area contributed by atoms with Crippen molar-refractivity contribution in [3.63, 3.8) is 0 Å². The molecule has 2 fully saturated rings. The van der Waals surface area contributed by atoms with E-state index >= 15 is 0 Å². The standard InChI is InChI=1S/C56H54O15/c1-37(57)62-35-44-46(63-32-38-20-8-2-9-21-38)48(64-33-39-22-10-3-11-23-39)51(65-34-40-24-12-4-13-25-40)56(68-44)66-36-45-47(69-52(58)41-26-14-5-15-27-41)49(70-53(59)42-28-16-6-17-29-42)50(55(61)67-45)71-54(60)43-30-18-7-19-31-43/h2-31,44-51,55-56,61H,32-36H2,1H3/t44-,45-,46-,47-,48+,49+,50-,51-,55+,56-/m1/s1. The van der Waals surface area contributed by atoms with Crippen LogP contribution < -0.4 is 0 Å². The highest BCUT2D eigenvalue weighted by molar-refractivity contribution is 5.91. The molecule has 0 saturated carbocycles. The molecule has 15 nitrogen and oxygen atoms in total. The van der Waals surface area contributed by atoms with Gasteiger partial charge in [-0.2, -0.15) is 0 Å². The third-order valence-corrected chi connectivity index (χ3v) is 11.7. The summed E-state index contributed by atoms with van der Waals surface area (Å²) in [7, 11) is 0. The zero-order chi connectivity index (χ0) is 49.4. The Hall–Kier alpha value is -7.08. The quantitative estimate of drug-likeness (QED) is 0.0589. The molecular weight excluding hydrogens is 913 g/mol. The molecule has 0 amide bonds. The van der Waals surface area contributed by atoms with E-state index in [4.69, 9.17) is 47.4 Å². The van der Waals surface area contributed by atoms with E-state index in [1.807, 2.05) is 91.0 Å². The lowest BCUT2D eigenvalue weighted by atomic mass is 9.96. The van der Waals surface area contributed by atoms with Gasteiger partial charge < -0.3 is 52.5 Å². The molecule has 15 heteroatoms. The summed E-state index contributed by atoms with van der Waals surface area (Å²) in [6, 6.07) is 52.5. The van der Waals surface area contributed by atoms with Crippen LogP contribution >= 0.6 is 0 Å². The Kier molecular flexibility index (Phi) is 17.8. The molecule has 0 radical (unpaired) electrons. The van der Waals surface area contributed by atoms with Gasteiger partial charge in [-0.3, -0.25) is 4.79 Å². The Balaban J connectivity index is 1.15. The van der Waals surface area contributed by atoms with Crippen molar-refractivity contribution in [3.05, 3.63) is 215 Å². The first-order valence-electron chi connectivity index (χ1n) is 23.2. The minimum absolute atomic E-state index is 0.0713. The van der Waals surface area contributed by atoms with Crippen LogP contribution in [0.5, 0.6) is 0 Å². The molecule has 0 bridgehead atoms. The molecule has 2 aliphatic heterocycles. The number of carbonyl (C=O) groups excluding carboxylic acids is 4. The topological polar surface area (TPSA) is 181 Å². The number of hydrogen-bond acceptors (Lipinski definition) is 15. The Morgan fingerprint density at radius 3 is 1.21 bits per heavy atom. The number of esters is 4. The molecule has 6 aromatic carbocycles. The number of rotatable bonds is 20. The van der Waals surface area contributed by atoms with Gasteiger partial charge in [0.2, 0.25) is 0 Å². The fourth-order valence-corrected chi connectivity index (χ4v) is 8.13. The van der Waals surface area contributed by atoms with E-state index in [0.29, 0.717) is 0 Å². The third kappa shape index (κ3) is 13.8. The molecule has 2 saturated heterocycles. The highest BCUT2D eigenvalue weighted by Crippen LogP contribution is 2.34. The van der Waals surface area contributed by atoms with Crippen molar-refractivity contribution < 1.29 is 71.7 Å². The van der Waals surface area contributed by atoms with Crippen molar-refractivity contribution >= 4 is 23.9 Å². The van der Waals surface area contributed by atoms with Crippen LogP contribution in [0.25, 0.3) is 0 Å². The van der Waals surface area contributed by atoms with Gasteiger partial charge in [0.15, 0.2) is 30.9 Å². The zero-order valence-electron chi connectivity index (χ0n) is 38.8. The normalized spacial score (nSPS) is 24.0. The molecule has 0 unspecified atom stereocenters. The summed E-state index contributed by atoms with van der Waals surface area (Å²) in [6.45, 7) is 0.811. The number of ether oxygens (including phenoxy) is 10. The summed E-state index contributed by atoms with van der Waals surface area (Å²) in [6.07, 6.45) is -13.7. The largest absolute Gasteiger partial charge is 0.463 e. The Bertz CT molecular complexity index is 2590. The minimum Gasteiger partial charge on any atom is -0.463 e. The summed E-state index contributed by atoms with van der Waals surface area (Å²) in [5, 5.41) is 11.8. The monoisotopic (exact) mass is 966 g/mol. The van der Waals surface area contributed by atoms with Crippen molar-refractivity contribution in [3.8, 4) is 0 Å². The smallest absolute Gasteiger partial charge is 0.338 e. The number of aliphatic hydroxyl groups is 1. The molecule has 2 aliphatic rings. The summed E-state index contributed by atoms with van der Waals surface area (Å²) in [5.74, 6) is -3.16. The third-order valence-electron chi connectivity index (χ3n) is 11.7. The predicted octanol–water partition coefficient (Wildman–Crippen LogP) is 7.44. The number of aliphatic hydroxyl groups excluding tert-OH is 1. The summed E-state index contributed by atoms with van der Waals surface area (Å²) >= 11 is 0. The molecule has 6 aromatic rings. The summed E-state index contributed by atoms with van der Waals surface area (Å²) in [4.78, 5) is 54.0. The van der Waals surface area contributed by atoms with Crippen molar-refractivity contribution in [1.82, 2.24) is 0 Å². The highest BCUT2D eigenvalue weighted by atomic mass is 16.7. The van der Waals surface area contributed by atoms with E-state index < -0.39 is 91.9 Å². The minimum atomic E-state index is -1.96. The van der Waals surface area contributed by atoms with Crippen LogP contribution in [0.1, 0.15) is 54.7 Å². The number of carbonyl (C=O) groups is 4. The van der Waals surface area contributed by atoms with Crippen LogP contribution in [0.3, 0.4) is 0 Å². The average molecular weight is 967 g/mol. The van der Waals surface area contributed by atoms with Crippen molar-refractivity contribution in [2.45, 2.75) is 88.2 Å². The predicted molar refractivity (Wildman–Crippen MR) is 254 cm³/mol. The first-order chi connectivity index (χ1) is 34.7. The average Bonchev–Trinajstić information content (AvgIpc) is 3.41. The van der Waals surface area contributed by atoms with Gasteiger partial charge in [-0.25, -0.2) is 14.4 Å². The second-order valence-corrected chi connectivity index (χ2v) is 16.7. The zero-order valence-corrected chi connectivity index (χ0v) is 38.8. The van der Waals surface area contributed by atoms with E-state index in [1.165, 1.54) is 43.3 Å². The number of benzene rings is 6. The molecule has 0 aromatic heterocycles. The molecule has 368 valence electrons. The van der Waals surface area contributed by atoms with Gasteiger partial charge in [0.05, 0.1) is 43.1 Å². The lowest BCUT2D eigenvalue weighted by Crippen LogP contribution is -2.64. The molecule has 0 spiro atoms. The molecule has 2 heterocycles. The van der Waals surface area contributed by atoms with E-state index in [0.717, 1.165) is 16.7 Å². The van der Waals surface area contributed by atoms with Crippen LogP contribution in [0, 0.1) is 0 Å². The molecule has 8 rings (SSSR count). The van der Waals surface area contributed by atoms with Crippen LogP contribution in [0.4, 0.5) is 0 Å². The number of hydrogen-bond donors (Lipinski definition) is 1. The van der Waals surface area contributed by atoms with Gasteiger partial charge in [-0.1, -0.05) is 146 Å². The maximum atomic E-state index is 14.0. The van der Waals surface area contributed by atoms with Crippen molar-refractivity contribution in [2.24, 2.45) is 0 Å². The van der Waals surface area contributed by atoms with Gasteiger partial charge in [-0.05, 0) is 53.1 Å². The van der Waals surface area contributed by atoms with E-state index in [2.05, 4.69) is 0 Å². The van der Waals surface area contributed by atoms with Gasteiger partial charge in [0, 0.05) is 6.92 Å². The SMILES string of the molecule is CC(=O)OC[C@H]1O[C@@H](OC[C@H]2O[C@H](O)[C@H](OC(=O)c3ccccc3)[C@@H](OC(=O)c3ccccc3)[C@@H]2OC(=O)c2ccccc2)[C@H](OCc2ccccc2)[C@@H](OCc2ccccc2)[C@@H]1OCc1ccccc1. The fraction of sp³-hybridized carbons (Fsp3) is 0.286. The molecular formula is C56H54O15. The van der Waals surface area contributed by atoms with E-state index in [1.54, 1.807) is 54.6 Å². The fourth-order valence-electron chi connectivity index (χ4n) is 8.13. The summed E-state index contributed by atoms with van der Waals surface area (Å²) < 4.78 is 63.3. The highest BCUT2D eigenvalue weighted by Gasteiger charge is 2.54. The summed E-state index contributed by atoms with van der Waals surface area (Å²) in [5.41, 5.74) is 2.93. The molecule has 71 heavy (non-hydrogen) atoms. The van der Waals surface area contributed by atoms with Crippen LogP contribution in [-0.4, -0.2) is 104 Å². The maximum absolute atomic E-state index is 14.0. The van der Waals surface area contributed by atoms with Gasteiger partial charge in [-0.15, -0.1) is 0 Å². The maximum Gasteiger partial charge on any atom is 0.338 e. The van der Waals surface area contributed by atoms with E-state index in [-0.39, 0.29) is 43.1 Å². The van der Waals surface area contributed by atoms with Crippen LogP contribution in [-0.2, 0) is 72.0 Å².